The molecule has 0 unspecified atom stereocenters. The number of benzene rings is 2. The highest BCUT2D eigenvalue weighted by molar-refractivity contribution is 7.23. The van der Waals surface area contributed by atoms with Gasteiger partial charge in [0.05, 0.1) is 23.0 Å². The van der Waals surface area contributed by atoms with Crippen molar-refractivity contribution in [2.75, 3.05) is 19.5 Å². The van der Waals surface area contributed by atoms with Gasteiger partial charge in [-0.3, -0.25) is 4.40 Å². The number of aromatic nitrogens is 2. The fourth-order valence-corrected chi connectivity index (χ4v) is 3.60. The van der Waals surface area contributed by atoms with Gasteiger partial charge in [0.2, 0.25) is 0 Å². The smallest absolute Gasteiger partial charge is 0.343 e. The molecule has 7 heteroatoms. The zero-order chi connectivity index (χ0) is 17.4. The van der Waals surface area contributed by atoms with Crippen molar-refractivity contribution in [1.82, 2.24) is 9.38 Å². The lowest BCUT2D eigenvalue weighted by Gasteiger charge is -2.04. The molecule has 0 saturated carbocycles. The summed E-state index contributed by atoms with van der Waals surface area (Å²) in [4.78, 5) is 16.8. The first kappa shape index (κ1) is 15.5. The van der Waals surface area contributed by atoms with E-state index in [2.05, 4.69) is 9.14 Å². The lowest BCUT2D eigenvalue weighted by molar-refractivity contribution is -0.142. The second-order valence-corrected chi connectivity index (χ2v) is 6.51. The summed E-state index contributed by atoms with van der Waals surface area (Å²) in [6.07, 6.45) is 2.01. The van der Waals surface area contributed by atoms with E-state index in [0.717, 1.165) is 32.1 Å². The van der Waals surface area contributed by atoms with E-state index < -0.39 is 5.97 Å². The number of imidazole rings is 1. The Morgan fingerprint density at radius 1 is 1.24 bits per heavy atom. The van der Waals surface area contributed by atoms with Crippen LogP contribution >= 0.6 is 11.3 Å². The molecule has 25 heavy (non-hydrogen) atoms. The number of nitrogens with zero attached hydrogens (tertiary/aromatic N) is 2. The molecular weight excluding hydrogens is 338 g/mol. The summed E-state index contributed by atoms with van der Waals surface area (Å²) in [6, 6.07) is 13.4. The van der Waals surface area contributed by atoms with Crippen molar-refractivity contribution in [3.8, 4) is 17.0 Å². The number of ether oxygens (including phenoxy) is 2. The van der Waals surface area contributed by atoms with E-state index in [0.29, 0.717) is 5.75 Å². The van der Waals surface area contributed by atoms with Gasteiger partial charge in [0, 0.05) is 17.4 Å². The number of hydrogen-bond donors (Lipinski definition) is 1. The van der Waals surface area contributed by atoms with Crippen molar-refractivity contribution < 1.29 is 14.3 Å². The van der Waals surface area contributed by atoms with Crippen LogP contribution in [-0.4, -0.2) is 29.1 Å². The number of nitrogens with two attached hydrogens (primary N) is 1. The van der Waals surface area contributed by atoms with Crippen LogP contribution in [0.5, 0.6) is 5.75 Å². The van der Waals surface area contributed by atoms with Crippen molar-refractivity contribution in [1.29, 1.82) is 0 Å². The number of carbonyl (C=O) groups excluding carboxylic acids is 1. The first-order valence-corrected chi connectivity index (χ1v) is 8.43. The van der Waals surface area contributed by atoms with Gasteiger partial charge in [0.15, 0.2) is 11.6 Å². The largest absolute Gasteiger partial charge is 0.482 e. The summed E-state index contributed by atoms with van der Waals surface area (Å²) < 4.78 is 13.1. The molecular formula is C18H15N3O3S. The van der Waals surface area contributed by atoms with Crippen molar-refractivity contribution in [3.05, 3.63) is 48.7 Å². The van der Waals surface area contributed by atoms with Crippen molar-refractivity contribution >= 4 is 38.2 Å². The molecule has 126 valence electrons. The molecule has 0 fully saturated rings. The molecule has 2 N–H and O–H groups in total. The molecule has 2 aromatic heterocycles. The van der Waals surface area contributed by atoms with Crippen LogP contribution in [0.15, 0.2) is 48.7 Å². The molecule has 4 aromatic rings. The van der Waals surface area contributed by atoms with Crippen LogP contribution in [0.1, 0.15) is 0 Å². The van der Waals surface area contributed by atoms with Crippen molar-refractivity contribution in [2.24, 2.45) is 0 Å². The molecule has 0 aliphatic carbocycles. The van der Waals surface area contributed by atoms with E-state index in [1.807, 2.05) is 48.7 Å². The number of thiazole rings is 1. The monoisotopic (exact) mass is 353 g/mol. The molecule has 0 radical (unpaired) electrons. The summed E-state index contributed by atoms with van der Waals surface area (Å²) in [5.41, 5.74) is 9.44. The van der Waals surface area contributed by atoms with Crippen LogP contribution in [-0.2, 0) is 9.53 Å². The Bertz CT molecular complexity index is 1070. The molecule has 0 spiro atoms. The van der Waals surface area contributed by atoms with Crippen molar-refractivity contribution in [2.45, 2.75) is 0 Å². The number of hydrogen-bond acceptors (Lipinski definition) is 6. The van der Waals surface area contributed by atoms with E-state index >= 15 is 0 Å². The Kier molecular flexibility index (Phi) is 3.77. The maximum Gasteiger partial charge on any atom is 0.343 e. The SMILES string of the molecule is COC(=O)COc1ccc2c(c1)sc1nc(-c3ccc(N)cc3)cn12. The average Bonchev–Trinajstić information content (AvgIpc) is 3.17. The van der Waals surface area contributed by atoms with E-state index in [1.54, 1.807) is 11.3 Å². The predicted molar refractivity (Wildman–Crippen MR) is 97.9 cm³/mol. The Morgan fingerprint density at radius 2 is 2.04 bits per heavy atom. The quantitative estimate of drug-likeness (QED) is 0.450. The number of nitrogen functional groups attached to an aromatic ring is 1. The Labute approximate surface area is 147 Å². The fraction of sp³-hybridized carbons (Fsp3) is 0.111. The normalized spacial score (nSPS) is 11.1. The highest BCUT2D eigenvalue weighted by atomic mass is 32.1. The van der Waals surface area contributed by atoms with Crippen LogP contribution in [0.2, 0.25) is 0 Å². The first-order valence-electron chi connectivity index (χ1n) is 7.61. The van der Waals surface area contributed by atoms with Crippen molar-refractivity contribution in [3.63, 3.8) is 0 Å². The Balaban J connectivity index is 1.68. The molecule has 0 amide bonds. The highest BCUT2D eigenvalue weighted by Gasteiger charge is 2.11. The van der Waals surface area contributed by atoms with Gasteiger partial charge in [-0.1, -0.05) is 23.5 Å². The zero-order valence-electron chi connectivity index (χ0n) is 13.4. The topological polar surface area (TPSA) is 78.8 Å². The minimum absolute atomic E-state index is 0.105. The summed E-state index contributed by atoms with van der Waals surface area (Å²) in [5, 5.41) is 0. The molecule has 6 nitrogen and oxygen atoms in total. The number of esters is 1. The third kappa shape index (κ3) is 2.89. The minimum atomic E-state index is -0.408. The van der Waals surface area contributed by atoms with Gasteiger partial charge in [-0.15, -0.1) is 0 Å². The highest BCUT2D eigenvalue weighted by Crippen LogP contribution is 2.32. The number of anilines is 1. The number of carbonyl (C=O) groups is 1. The molecule has 0 bridgehead atoms. The standard InChI is InChI=1S/C18H15N3O3S/c1-23-17(22)10-24-13-6-7-15-16(8-13)25-18-20-14(9-21(15)18)11-2-4-12(19)5-3-11/h2-9H,10,19H2,1H3. The van der Waals surface area contributed by atoms with Gasteiger partial charge >= 0.3 is 5.97 Å². The second-order valence-electron chi connectivity index (χ2n) is 5.50. The molecule has 0 atom stereocenters. The summed E-state index contributed by atoms with van der Waals surface area (Å²) in [6.45, 7) is -0.105. The Hall–Kier alpha value is -3.06. The van der Waals surface area contributed by atoms with Gasteiger partial charge in [-0.25, -0.2) is 9.78 Å². The minimum Gasteiger partial charge on any atom is -0.482 e. The fourth-order valence-electron chi connectivity index (χ4n) is 2.57. The van der Waals surface area contributed by atoms with Crippen LogP contribution in [0.25, 0.3) is 26.4 Å². The lowest BCUT2D eigenvalue weighted by Crippen LogP contribution is -2.12. The van der Waals surface area contributed by atoms with Crippen LogP contribution in [0.3, 0.4) is 0 Å². The lowest BCUT2D eigenvalue weighted by atomic mass is 10.1. The van der Waals surface area contributed by atoms with Gasteiger partial charge < -0.3 is 15.2 Å². The summed E-state index contributed by atoms with van der Waals surface area (Å²) in [5.74, 6) is 0.218. The summed E-state index contributed by atoms with van der Waals surface area (Å²) >= 11 is 1.57. The van der Waals surface area contributed by atoms with Crippen LogP contribution in [0, 0.1) is 0 Å². The average molecular weight is 353 g/mol. The summed E-state index contributed by atoms with van der Waals surface area (Å²) in [7, 11) is 1.34. The van der Waals surface area contributed by atoms with E-state index in [1.165, 1.54) is 7.11 Å². The predicted octanol–water partition coefficient (Wildman–Crippen LogP) is 3.35. The van der Waals surface area contributed by atoms with Crippen LogP contribution < -0.4 is 10.5 Å². The van der Waals surface area contributed by atoms with Gasteiger partial charge in [0.1, 0.15) is 5.75 Å². The van der Waals surface area contributed by atoms with E-state index in [4.69, 9.17) is 15.5 Å². The Morgan fingerprint density at radius 3 is 2.80 bits per heavy atom. The zero-order valence-corrected chi connectivity index (χ0v) is 14.2. The molecule has 0 saturated heterocycles. The van der Waals surface area contributed by atoms with Gasteiger partial charge in [-0.2, -0.15) is 0 Å². The maximum absolute atomic E-state index is 11.2. The number of methoxy groups -OCH3 is 1. The van der Waals surface area contributed by atoms with Gasteiger partial charge in [0.25, 0.3) is 0 Å². The molecule has 0 aliphatic heterocycles. The molecule has 4 rings (SSSR count). The second kappa shape index (κ2) is 6.10. The number of rotatable bonds is 4. The van der Waals surface area contributed by atoms with E-state index in [-0.39, 0.29) is 6.61 Å². The van der Waals surface area contributed by atoms with Crippen LogP contribution in [0.4, 0.5) is 5.69 Å². The van der Waals surface area contributed by atoms with E-state index in [9.17, 15) is 4.79 Å². The first-order chi connectivity index (χ1) is 12.1. The third-order valence-corrected chi connectivity index (χ3v) is 4.87. The molecule has 0 aliphatic rings. The molecule has 2 heterocycles. The maximum atomic E-state index is 11.2. The number of fused-ring (bicyclic) bond motifs is 3. The molecule has 2 aromatic carbocycles. The van der Waals surface area contributed by atoms with Gasteiger partial charge in [-0.05, 0) is 30.3 Å². The third-order valence-electron chi connectivity index (χ3n) is 3.86.